The van der Waals surface area contributed by atoms with Gasteiger partial charge in [-0.3, -0.25) is 14.4 Å². The lowest BCUT2D eigenvalue weighted by Gasteiger charge is -2.22. The molecule has 1 N–H and O–H groups in total. The van der Waals surface area contributed by atoms with E-state index in [4.69, 9.17) is 14.6 Å². The summed E-state index contributed by atoms with van der Waals surface area (Å²) in [6.45, 7) is 6.28. The maximum absolute atomic E-state index is 12.3. The van der Waals surface area contributed by atoms with Crippen molar-refractivity contribution in [3.05, 3.63) is 0 Å². The van der Waals surface area contributed by atoms with E-state index < -0.39 is 5.97 Å². The largest absolute Gasteiger partial charge is 0.481 e. The van der Waals surface area contributed by atoms with Crippen molar-refractivity contribution < 1.29 is 29.0 Å². The van der Waals surface area contributed by atoms with Gasteiger partial charge in [0.05, 0.1) is 0 Å². The summed E-state index contributed by atoms with van der Waals surface area (Å²) < 4.78 is 11.6. The fourth-order valence-corrected chi connectivity index (χ4v) is 4.09. The lowest BCUT2D eigenvalue weighted by Crippen LogP contribution is -2.23. The number of carboxylic acid groups (broad SMARTS) is 1. The van der Waals surface area contributed by atoms with Gasteiger partial charge in [-0.15, -0.1) is 0 Å². The zero-order chi connectivity index (χ0) is 25.4. The van der Waals surface area contributed by atoms with E-state index in [1.54, 1.807) is 0 Å². The van der Waals surface area contributed by atoms with Gasteiger partial charge in [-0.1, -0.05) is 72.1 Å². The molecule has 0 fully saturated rings. The van der Waals surface area contributed by atoms with E-state index in [0.29, 0.717) is 19.3 Å². The van der Waals surface area contributed by atoms with E-state index in [1.165, 1.54) is 12.8 Å². The molecule has 0 aromatic carbocycles. The number of esters is 2. The number of rotatable bonds is 24. The molecule has 0 bridgehead atoms. The van der Waals surface area contributed by atoms with Crippen LogP contribution in [0.15, 0.2) is 0 Å². The van der Waals surface area contributed by atoms with Crippen molar-refractivity contribution in [1.29, 1.82) is 0 Å². The van der Waals surface area contributed by atoms with Gasteiger partial charge in [-0.05, 0) is 57.8 Å². The Labute approximate surface area is 208 Å². The molecule has 0 heterocycles. The topological polar surface area (TPSA) is 89.9 Å². The zero-order valence-corrected chi connectivity index (χ0v) is 22.3. The standard InChI is InChI=1S/C28H52O6/c1-4-7-9-14-18-25(34-28(32)21-13-8-5-2)23-22-24(33-27(31)17-6-3)19-15-11-10-12-16-20-26(29)30/h24-25H,4-23H2,1-3H3,(H,29,30). The molecule has 6 heteroatoms. The van der Waals surface area contributed by atoms with Crippen LogP contribution < -0.4 is 0 Å². The Hall–Kier alpha value is -1.59. The third-order valence-electron chi connectivity index (χ3n) is 6.14. The molecule has 0 spiro atoms. The van der Waals surface area contributed by atoms with E-state index >= 15 is 0 Å². The number of carbonyl (C=O) groups is 3. The van der Waals surface area contributed by atoms with Crippen LogP contribution in [-0.4, -0.2) is 35.2 Å². The van der Waals surface area contributed by atoms with Crippen LogP contribution in [-0.2, 0) is 23.9 Å². The molecule has 0 aliphatic heterocycles. The van der Waals surface area contributed by atoms with Gasteiger partial charge in [-0.25, -0.2) is 0 Å². The number of carbonyl (C=O) groups excluding carboxylic acids is 2. The van der Waals surface area contributed by atoms with E-state index in [1.807, 2.05) is 6.92 Å². The molecular formula is C28H52O6. The van der Waals surface area contributed by atoms with Crippen LogP contribution in [0, 0.1) is 0 Å². The summed E-state index contributed by atoms with van der Waals surface area (Å²) in [6.07, 6.45) is 17.0. The molecule has 0 aromatic rings. The van der Waals surface area contributed by atoms with E-state index in [2.05, 4.69) is 13.8 Å². The number of ether oxygens (including phenoxy) is 2. The van der Waals surface area contributed by atoms with Crippen molar-refractivity contribution in [2.45, 2.75) is 161 Å². The van der Waals surface area contributed by atoms with Crippen molar-refractivity contribution in [1.82, 2.24) is 0 Å². The summed E-state index contributed by atoms with van der Waals surface area (Å²) in [5.74, 6) is -0.988. The van der Waals surface area contributed by atoms with Crippen LogP contribution in [0.2, 0.25) is 0 Å². The fraction of sp³-hybridized carbons (Fsp3) is 0.893. The van der Waals surface area contributed by atoms with Crippen LogP contribution >= 0.6 is 0 Å². The van der Waals surface area contributed by atoms with Gasteiger partial charge in [0.1, 0.15) is 12.2 Å². The first kappa shape index (κ1) is 32.4. The smallest absolute Gasteiger partial charge is 0.306 e. The number of aliphatic carboxylic acids is 1. The van der Waals surface area contributed by atoms with Crippen LogP contribution in [0.1, 0.15) is 149 Å². The highest BCUT2D eigenvalue weighted by atomic mass is 16.5. The minimum absolute atomic E-state index is 0.102. The summed E-state index contributed by atoms with van der Waals surface area (Å²) in [6, 6.07) is 0. The number of unbranched alkanes of at least 4 members (excludes halogenated alkanes) is 9. The van der Waals surface area contributed by atoms with Crippen molar-refractivity contribution in [3.8, 4) is 0 Å². The normalized spacial score (nSPS) is 12.8. The van der Waals surface area contributed by atoms with Crippen LogP contribution in [0.4, 0.5) is 0 Å². The van der Waals surface area contributed by atoms with Gasteiger partial charge < -0.3 is 14.6 Å². The van der Waals surface area contributed by atoms with Gasteiger partial charge in [-0.2, -0.15) is 0 Å². The Bertz CT molecular complexity index is 519. The predicted octanol–water partition coefficient (Wildman–Crippen LogP) is 7.76. The summed E-state index contributed by atoms with van der Waals surface area (Å²) in [4.78, 5) is 35.1. The summed E-state index contributed by atoms with van der Waals surface area (Å²) in [5, 5.41) is 8.73. The van der Waals surface area contributed by atoms with Gasteiger partial charge in [0.25, 0.3) is 0 Å². The quantitative estimate of drug-likeness (QED) is 0.111. The Morgan fingerprint density at radius 3 is 1.50 bits per heavy atom. The minimum atomic E-state index is -0.738. The maximum atomic E-state index is 12.3. The molecular weight excluding hydrogens is 432 g/mol. The second-order valence-corrected chi connectivity index (χ2v) is 9.56. The van der Waals surface area contributed by atoms with E-state index in [0.717, 1.165) is 89.9 Å². The first-order valence-electron chi connectivity index (χ1n) is 14.0. The molecule has 0 aliphatic rings. The molecule has 34 heavy (non-hydrogen) atoms. The Balaban J connectivity index is 4.67. The highest BCUT2D eigenvalue weighted by Gasteiger charge is 2.20. The minimum Gasteiger partial charge on any atom is -0.481 e. The Kier molecular flexibility index (Phi) is 22.1. The average Bonchev–Trinajstić information content (AvgIpc) is 2.79. The SMILES string of the molecule is CCCCCCC(CCC(CCCCCCCC(=O)O)OC(=O)CCC)OC(=O)CCCCC. The molecule has 0 aliphatic carbocycles. The third-order valence-corrected chi connectivity index (χ3v) is 6.14. The number of hydrogen-bond donors (Lipinski definition) is 1. The average molecular weight is 485 g/mol. The lowest BCUT2D eigenvalue weighted by molar-refractivity contribution is -0.154. The zero-order valence-electron chi connectivity index (χ0n) is 22.3. The van der Waals surface area contributed by atoms with Crippen molar-refractivity contribution in [2.75, 3.05) is 0 Å². The highest BCUT2D eigenvalue weighted by molar-refractivity contribution is 5.69. The molecule has 6 nitrogen and oxygen atoms in total. The monoisotopic (exact) mass is 484 g/mol. The summed E-state index contributed by atoms with van der Waals surface area (Å²) >= 11 is 0. The molecule has 0 saturated heterocycles. The van der Waals surface area contributed by atoms with Crippen LogP contribution in [0.25, 0.3) is 0 Å². The maximum Gasteiger partial charge on any atom is 0.306 e. The third kappa shape index (κ3) is 21.0. The lowest BCUT2D eigenvalue weighted by atomic mass is 9.99. The van der Waals surface area contributed by atoms with Crippen molar-refractivity contribution >= 4 is 17.9 Å². The summed E-state index contributed by atoms with van der Waals surface area (Å²) in [5.41, 5.74) is 0. The first-order valence-corrected chi connectivity index (χ1v) is 14.0. The van der Waals surface area contributed by atoms with Gasteiger partial charge in [0, 0.05) is 19.3 Å². The van der Waals surface area contributed by atoms with Gasteiger partial charge in [0.15, 0.2) is 0 Å². The molecule has 0 radical (unpaired) electrons. The molecule has 0 rings (SSSR count). The molecule has 0 saturated carbocycles. The van der Waals surface area contributed by atoms with Gasteiger partial charge in [0.2, 0.25) is 0 Å². The number of carboxylic acids is 1. The van der Waals surface area contributed by atoms with Crippen LogP contribution in [0.5, 0.6) is 0 Å². The Morgan fingerprint density at radius 1 is 0.529 bits per heavy atom. The molecule has 0 amide bonds. The molecule has 2 atom stereocenters. The highest BCUT2D eigenvalue weighted by Crippen LogP contribution is 2.20. The van der Waals surface area contributed by atoms with Crippen molar-refractivity contribution in [2.24, 2.45) is 0 Å². The molecule has 2 unspecified atom stereocenters. The predicted molar refractivity (Wildman–Crippen MR) is 137 cm³/mol. The van der Waals surface area contributed by atoms with E-state index in [-0.39, 0.29) is 30.6 Å². The summed E-state index contributed by atoms with van der Waals surface area (Å²) in [7, 11) is 0. The first-order chi connectivity index (χ1) is 16.4. The second-order valence-electron chi connectivity index (χ2n) is 9.56. The van der Waals surface area contributed by atoms with Crippen LogP contribution in [0.3, 0.4) is 0 Å². The fourth-order valence-electron chi connectivity index (χ4n) is 4.09. The molecule has 0 aromatic heterocycles. The van der Waals surface area contributed by atoms with E-state index in [9.17, 15) is 14.4 Å². The van der Waals surface area contributed by atoms with Gasteiger partial charge >= 0.3 is 17.9 Å². The Morgan fingerprint density at radius 2 is 0.971 bits per heavy atom. The number of hydrogen-bond acceptors (Lipinski definition) is 5. The van der Waals surface area contributed by atoms with Crippen molar-refractivity contribution in [3.63, 3.8) is 0 Å². The molecule has 200 valence electrons. The second kappa shape index (κ2) is 23.2.